The molecule has 0 saturated carbocycles. The zero-order chi connectivity index (χ0) is 8.55. The molecule has 0 N–H and O–H groups in total. The Hall–Kier alpha value is 0.235. The molecule has 0 atom stereocenters. The first-order valence-corrected chi connectivity index (χ1v) is 4.52. The summed E-state index contributed by atoms with van der Waals surface area (Å²) in [6.07, 6.45) is 0.495. The number of hydrogen-bond acceptors (Lipinski definition) is 2. The van der Waals surface area contributed by atoms with E-state index in [1.54, 1.807) is 6.07 Å². The van der Waals surface area contributed by atoms with Crippen LogP contribution >= 0.6 is 15.9 Å². The number of Topliss-reactive ketones (excluding diaryl/α,β-unsaturated/α-hetero) is 1. The Kier molecular flexibility index (Phi) is 6.06. The van der Waals surface area contributed by atoms with Crippen molar-refractivity contribution >= 4 is 30.1 Å². The molecule has 14 heavy (non-hydrogen) atoms. The number of benzene rings is 1. The smallest absolute Gasteiger partial charge is 1.00 e. The summed E-state index contributed by atoms with van der Waals surface area (Å²) >= 11 is 3.32. The molecule has 5 heteroatoms. The molecule has 0 aliphatic carbocycles. The zero-order valence-corrected chi connectivity index (χ0v) is 11.5. The Balaban J connectivity index is 0.000000845. The van der Waals surface area contributed by atoms with Crippen LogP contribution in [0.5, 0.6) is 5.75 Å². The number of hydrogen-bond donors (Lipinski definition) is 0. The Labute approximate surface area is 115 Å². The van der Waals surface area contributed by atoms with Gasteiger partial charge in [0.15, 0.2) is 5.78 Å². The second-order valence-electron chi connectivity index (χ2n) is 2.66. The van der Waals surface area contributed by atoms with E-state index in [-0.39, 0.29) is 43.8 Å². The van der Waals surface area contributed by atoms with Crippen molar-refractivity contribution in [2.45, 2.75) is 6.42 Å². The van der Waals surface area contributed by atoms with Gasteiger partial charge in [-0.3, -0.25) is 4.79 Å². The molecule has 1 aromatic carbocycles. The molecule has 66 valence electrons. The SMILES string of the molecule is O=C1CCOc2cc(Br)ccc21.[B-].[Na+]. The second-order valence-corrected chi connectivity index (χ2v) is 3.58. The summed E-state index contributed by atoms with van der Waals surface area (Å²) in [4.78, 5) is 11.3. The molecule has 1 aliphatic heterocycles. The number of carbonyl (C=O) groups excluding carboxylic acids is 1. The minimum Gasteiger partial charge on any atom is -1.00 e. The van der Waals surface area contributed by atoms with Gasteiger partial charge >= 0.3 is 29.6 Å². The number of ether oxygens (including phenoxy) is 1. The van der Waals surface area contributed by atoms with E-state index in [0.29, 0.717) is 24.3 Å². The molecule has 0 amide bonds. The van der Waals surface area contributed by atoms with Crippen LogP contribution in [0.2, 0.25) is 0 Å². The van der Waals surface area contributed by atoms with Crippen molar-refractivity contribution < 1.29 is 39.1 Å². The van der Waals surface area contributed by atoms with Gasteiger partial charge in [0.25, 0.3) is 0 Å². The third-order valence-electron chi connectivity index (χ3n) is 1.83. The van der Waals surface area contributed by atoms with E-state index in [2.05, 4.69) is 15.9 Å². The van der Waals surface area contributed by atoms with Crippen molar-refractivity contribution in [1.82, 2.24) is 0 Å². The maximum atomic E-state index is 11.3. The van der Waals surface area contributed by atoms with Crippen LogP contribution in [-0.4, -0.2) is 20.8 Å². The molecule has 0 saturated heterocycles. The van der Waals surface area contributed by atoms with E-state index in [0.717, 1.165) is 4.47 Å². The van der Waals surface area contributed by atoms with Gasteiger partial charge in [-0.2, -0.15) is 0 Å². The fourth-order valence-corrected chi connectivity index (χ4v) is 1.57. The van der Waals surface area contributed by atoms with Crippen molar-refractivity contribution in [3.63, 3.8) is 0 Å². The van der Waals surface area contributed by atoms with Crippen LogP contribution in [0.15, 0.2) is 22.7 Å². The van der Waals surface area contributed by atoms with E-state index >= 15 is 0 Å². The maximum absolute atomic E-state index is 11.3. The predicted molar refractivity (Wildman–Crippen MR) is 54.3 cm³/mol. The molecule has 0 fully saturated rings. The predicted octanol–water partition coefficient (Wildman–Crippen LogP) is -0.963. The number of fused-ring (bicyclic) bond motifs is 1. The monoisotopic (exact) mass is 260 g/mol. The summed E-state index contributed by atoms with van der Waals surface area (Å²) in [5.41, 5.74) is 0.699. The second kappa shape index (κ2) is 5.96. The normalized spacial score (nSPS) is 13.1. The molecule has 0 bridgehead atoms. The average Bonchev–Trinajstić information content (AvgIpc) is 2.04. The quantitative estimate of drug-likeness (QED) is 0.562. The van der Waals surface area contributed by atoms with Gasteiger partial charge in [-0.15, -0.1) is 0 Å². The third-order valence-corrected chi connectivity index (χ3v) is 2.32. The van der Waals surface area contributed by atoms with Gasteiger partial charge < -0.3 is 13.1 Å². The topological polar surface area (TPSA) is 26.3 Å². The van der Waals surface area contributed by atoms with Crippen molar-refractivity contribution in [1.29, 1.82) is 0 Å². The first-order chi connectivity index (χ1) is 5.77. The van der Waals surface area contributed by atoms with Crippen LogP contribution in [0.1, 0.15) is 16.8 Å². The van der Waals surface area contributed by atoms with Crippen molar-refractivity contribution in [2.75, 3.05) is 6.61 Å². The van der Waals surface area contributed by atoms with E-state index in [1.807, 2.05) is 12.1 Å². The van der Waals surface area contributed by atoms with Gasteiger partial charge in [0, 0.05) is 10.9 Å². The fraction of sp³-hybridized carbons (Fsp3) is 0.222. The summed E-state index contributed by atoms with van der Waals surface area (Å²) in [5.74, 6) is 0.865. The molecule has 1 aliphatic rings. The minimum atomic E-state index is 0. The van der Waals surface area contributed by atoms with Crippen LogP contribution in [0.25, 0.3) is 0 Å². The van der Waals surface area contributed by atoms with E-state index in [4.69, 9.17) is 4.74 Å². The number of carbonyl (C=O) groups is 1. The number of halogens is 1. The van der Waals surface area contributed by atoms with Gasteiger partial charge in [-0.25, -0.2) is 0 Å². The zero-order valence-electron chi connectivity index (χ0n) is 7.92. The molecule has 4 radical (unpaired) electrons. The minimum absolute atomic E-state index is 0. The first kappa shape index (κ1) is 14.2. The maximum Gasteiger partial charge on any atom is 1.00 e. The van der Waals surface area contributed by atoms with Crippen molar-refractivity contribution in [2.24, 2.45) is 0 Å². The third kappa shape index (κ3) is 2.86. The van der Waals surface area contributed by atoms with Crippen LogP contribution < -0.4 is 34.3 Å². The first-order valence-electron chi connectivity index (χ1n) is 3.73. The summed E-state index contributed by atoms with van der Waals surface area (Å²) in [7, 11) is 0. The fourth-order valence-electron chi connectivity index (χ4n) is 1.23. The molecule has 2 rings (SSSR count). The Bertz CT molecular complexity index is 344. The largest absolute Gasteiger partial charge is 1.00 e. The summed E-state index contributed by atoms with van der Waals surface area (Å²) < 4.78 is 6.26. The molecular weight excluding hydrogens is 254 g/mol. The molecule has 0 unspecified atom stereocenters. The van der Waals surface area contributed by atoms with Gasteiger partial charge in [0.05, 0.1) is 12.2 Å². The van der Waals surface area contributed by atoms with Crippen LogP contribution in [-0.2, 0) is 0 Å². The molecule has 0 aromatic heterocycles. The molecule has 0 spiro atoms. The molecule has 2 nitrogen and oxygen atoms in total. The van der Waals surface area contributed by atoms with Crippen molar-refractivity contribution in [3.05, 3.63) is 28.2 Å². The average molecular weight is 261 g/mol. The Morgan fingerprint density at radius 3 is 2.79 bits per heavy atom. The number of ketones is 1. The standard InChI is InChI=1S/C9H7BrO2.B.Na/c10-6-1-2-7-8(11)3-4-12-9(7)5-6;;/h1-2,5H,3-4H2;;/q;-1;+1. The van der Waals surface area contributed by atoms with Gasteiger partial charge in [0.1, 0.15) is 5.75 Å². The van der Waals surface area contributed by atoms with E-state index in [1.165, 1.54) is 0 Å². The summed E-state index contributed by atoms with van der Waals surface area (Å²) in [5, 5.41) is 0. The Morgan fingerprint density at radius 2 is 2.07 bits per heavy atom. The van der Waals surface area contributed by atoms with E-state index < -0.39 is 0 Å². The van der Waals surface area contributed by atoms with Crippen LogP contribution in [0.4, 0.5) is 0 Å². The van der Waals surface area contributed by atoms with Gasteiger partial charge in [-0.1, -0.05) is 15.9 Å². The summed E-state index contributed by atoms with van der Waals surface area (Å²) in [6, 6.07) is 5.47. The summed E-state index contributed by atoms with van der Waals surface area (Å²) in [6.45, 7) is 0.502. The van der Waals surface area contributed by atoms with Gasteiger partial charge in [-0.05, 0) is 18.2 Å². The van der Waals surface area contributed by atoms with Gasteiger partial charge in [0.2, 0.25) is 0 Å². The van der Waals surface area contributed by atoms with Crippen LogP contribution in [0.3, 0.4) is 0 Å². The Morgan fingerprint density at radius 1 is 1.36 bits per heavy atom. The molecular formula is C9H7BBrNaO2. The number of rotatable bonds is 0. The molecule has 1 heterocycles. The van der Waals surface area contributed by atoms with E-state index in [9.17, 15) is 4.79 Å². The molecule has 1 aromatic rings. The van der Waals surface area contributed by atoms with Crippen molar-refractivity contribution in [3.8, 4) is 5.75 Å². The van der Waals surface area contributed by atoms with Crippen LogP contribution in [0, 0.1) is 0 Å².